The summed E-state index contributed by atoms with van der Waals surface area (Å²) in [5.74, 6) is -0.998. The van der Waals surface area contributed by atoms with Gasteiger partial charge in [0.2, 0.25) is 5.16 Å². The zero-order chi connectivity index (χ0) is 19.6. The zero-order valence-corrected chi connectivity index (χ0v) is 15.4. The quantitative estimate of drug-likeness (QED) is 0.469. The SMILES string of the molecule is Cn1nnnc1S[C@H]1[C@H](NC(=O)OCc2ccccc2)C(=O)N1S(=O)(=O)O. The van der Waals surface area contributed by atoms with Crippen LogP contribution >= 0.6 is 11.8 Å². The molecule has 27 heavy (non-hydrogen) atoms. The van der Waals surface area contributed by atoms with Crippen molar-refractivity contribution < 1.29 is 27.3 Å². The standard InChI is InChI=1S/C13H14N6O6S2/c1-18-12(15-16-17-18)26-11-9(10(20)19(11)27(22,23)24)14-13(21)25-7-8-5-3-2-4-6-8/h2-6,9,11H,7H2,1H3,(H,14,21)(H,22,23,24)/t9-,11+/m1/s1. The van der Waals surface area contributed by atoms with Gasteiger partial charge in [-0.25, -0.2) is 9.48 Å². The Morgan fingerprint density at radius 2 is 2.07 bits per heavy atom. The van der Waals surface area contributed by atoms with E-state index in [0.29, 0.717) is 0 Å². The van der Waals surface area contributed by atoms with Crippen molar-refractivity contribution in [3.05, 3.63) is 35.9 Å². The number of thioether (sulfide) groups is 1. The first-order chi connectivity index (χ1) is 12.8. The number of amides is 2. The van der Waals surface area contributed by atoms with Crippen LogP contribution in [0, 0.1) is 0 Å². The minimum absolute atomic E-state index is 0.0272. The number of β-lactam (4-membered cyclic amide) rings is 1. The van der Waals surface area contributed by atoms with Gasteiger partial charge in [0.15, 0.2) is 0 Å². The lowest BCUT2D eigenvalue weighted by molar-refractivity contribution is -0.138. The third-order valence-electron chi connectivity index (χ3n) is 3.54. The van der Waals surface area contributed by atoms with Gasteiger partial charge < -0.3 is 10.1 Å². The van der Waals surface area contributed by atoms with Gasteiger partial charge in [-0.05, 0) is 16.0 Å². The van der Waals surface area contributed by atoms with Crippen LogP contribution in [0.5, 0.6) is 0 Å². The summed E-state index contributed by atoms with van der Waals surface area (Å²) in [6.45, 7) is -0.0272. The van der Waals surface area contributed by atoms with Crippen molar-refractivity contribution in [3.8, 4) is 0 Å². The number of ether oxygens (including phenoxy) is 1. The molecule has 1 aliphatic heterocycles. The summed E-state index contributed by atoms with van der Waals surface area (Å²) in [5, 5.41) is 12.0. The first-order valence-electron chi connectivity index (χ1n) is 7.44. The molecule has 1 saturated heterocycles. The molecule has 14 heteroatoms. The minimum Gasteiger partial charge on any atom is -0.445 e. The molecule has 1 aromatic heterocycles. The van der Waals surface area contributed by atoms with E-state index in [2.05, 4.69) is 20.8 Å². The predicted octanol–water partition coefficient (Wildman–Crippen LogP) is -0.432. The molecule has 0 saturated carbocycles. The number of rotatable bonds is 6. The number of benzene rings is 1. The largest absolute Gasteiger partial charge is 0.445 e. The normalized spacial score (nSPS) is 19.5. The number of alkyl carbamates (subject to hydrolysis) is 1. The highest BCUT2D eigenvalue weighted by Gasteiger charge is 2.55. The Kier molecular flexibility index (Phi) is 5.29. The molecule has 0 aliphatic carbocycles. The fraction of sp³-hybridized carbons (Fsp3) is 0.308. The van der Waals surface area contributed by atoms with Gasteiger partial charge in [-0.2, -0.15) is 12.7 Å². The van der Waals surface area contributed by atoms with E-state index in [9.17, 15) is 22.6 Å². The summed E-state index contributed by atoms with van der Waals surface area (Å²) in [4.78, 5) is 24.1. The maximum atomic E-state index is 12.1. The molecule has 2 heterocycles. The third-order valence-corrected chi connectivity index (χ3v) is 5.86. The zero-order valence-electron chi connectivity index (χ0n) is 13.8. The van der Waals surface area contributed by atoms with Crippen LogP contribution in [0.15, 0.2) is 35.5 Å². The number of hydrogen-bond donors (Lipinski definition) is 2. The van der Waals surface area contributed by atoms with Gasteiger partial charge >= 0.3 is 16.4 Å². The second kappa shape index (κ2) is 7.50. The van der Waals surface area contributed by atoms with E-state index in [0.717, 1.165) is 17.3 Å². The molecule has 1 fully saturated rings. The van der Waals surface area contributed by atoms with Crippen LogP contribution in [0.4, 0.5) is 4.79 Å². The maximum Gasteiger partial charge on any atom is 0.408 e. The summed E-state index contributed by atoms with van der Waals surface area (Å²) < 4.78 is 38.6. The Morgan fingerprint density at radius 1 is 1.37 bits per heavy atom. The highest BCUT2D eigenvalue weighted by atomic mass is 32.2. The van der Waals surface area contributed by atoms with E-state index in [4.69, 9.17) is 4.74 Å². The van der Waals surface area contributed by atoms with Crippen LogP contribution in [0.2, 0.25) is 0 Å². The first kappa shape index (κ1) is 19.1. The topological polar surface area (TPSA) is 157 Å². The lowest BCUT2D eigenvalue weighted by Crippen LogP contribution is -2.70. The van der Waals surface area contributed by atoms with Crippen LogP contribution in [-0.2, 0) is 33.5 Å². The predicted molar refractivity (Wildman–Crippen MR) is 90.4 cm³/mol. The fourth-order valence-electron chi connectivity index (χ4n) is 2.25. The van der Waals surface area contributed by atoms with E-state index in [1.54, 1.807) is 24.3 Å². The van der Waals surface area contributed by atoms with Crippen LogP contribution in [0.1, 0.15) is 5.56 Å². The molecular weight excluding hydrogens is 400 g/mol. The molecule has 0 unspecified atom stereocenters. The van der Waals surface area contributed by atoms with E-state index in [-0.39, 0.29) is 16.1 Å². The lowest BCUT2D eigenvalue weighted by atomic mass is 10.1. The third kappa shape index (κ3) is 4.17. The van der Waals surface area contributed by atoms with E-state index in [1.807, 2.05) is 6.07 Å². The molecule has 12 nitrogen and oxygen atoms in total. The summed E-state index contributed by atoms with van der Waals surface area (Å²) in [6, 6.07) is 7.62. The number of nitrogens with one attached hydrogen (secondary N) is 1. The molecule has 0 radical (unpaired) electrons. The van der Waals surface area contributed by atoms with Gasteiger partial charge in [-0.3, -0.25) is 9.35 Å². The number of carbonyl (C=O) groups is 2. The maximum absolute atomic E-state index is 12.1. The number of aromatic nitrogens is 4. The van der Waals surface area contributed by atoms with Crippen molar-refractivity contribution in [3.63, 3.8) is 0 Å². The molecule has 2 amide bonds. The Morgan fingerprint density at radius 3 is 2.67 bits per heavy atom. The molecule has 3 rings (SSSR count). The lowest BCUT2D eigenvalue weighted by Gasteiger charge is -2.42. The average Bonchev–Trinajstić information content (AvgIpc) is 3.02. The van der Waals surface area contributed by atoms with Crippen LogP contribution in [-0.4, -0.2) is 60.9 Å². The number of tetrazole rings is 1. The molecule has 2 N–H and O–H groups in total. The number of carbonyl (C=O) groups excluding carboxylic acids is 2. The van der Waals surface area contributed by atoms with Gasteiger partial charge in [-0.15, -0.1) is 5.10 Å². The van der Waals surface area contributed by atoms with Crippen molar-refractivity contribution >= 4 is 34.1 Å². The second-order valence-electron chi connectivity index (χ2n) is 5.39. The van der Waals surface area contributed by atoms with Crippen molar-refractivity contribution in [2.45, 2.75) is 23.2 Å². The fourth-order valence-corrected chi connectivity index (χ4v) is 4.44. The molecule has 0 spiro atoms. The van der Waals surface area contributed by atoms with Crippen LogP contribution in [0.25, 0.3) is 0 Å². The number of nitrogens with zero attached hydrogens (tertiary/aromatic N) is 5. The molecule has 1 aromatic carbocycles. The molecular formula is C13H14N6O6S2. The van der Waals surface area contributed by atoms with Crippen LogP contribution in [0.3, 0.4) is 0 Å². The Balaban J connectivity index is 1.67. The van der Waals surface area contributed by atoms with E-state index >= 15 is 0 Å². The molecule has 144 valence electrons. The Bertz CT molecular complexity index is 949. The highest BCUT2D eigenvalue weighted by Crippen LogP contribution is 2.35. The van der Waals surface area contributed by atoms with Gasteiger partial charge in [0, 0.05) is 7.05 Å². The summed E-state index contributed by atoms with van der Waals surface area (Å²) in [6.07, 6.45) is -0.908. The highest BCUT2D eigenvalue weighted by molar-refractivity contribution is 8.00. The second-order valence-corrected chi connectivity index (χ2v) is 7.76. The van der Waals surface area contributed by atoms with Gasteiger partial charge in [0.1, 0.15) is 18.0 Å². The molecule has 2 atom stereocenters. The first-order valence-corrected chi connectivity index (χ1v) is 9.72. The smallest absolute Gasteiger partial charge is 0.408 e. The van der Waals surface area contributed by atoms with Crippen molar-refractivity contribution in [2.24, 2.45) is 7.05 Å². The number of aryl methyl sites for hydroxylation is 1. The number of hydrogen-bond acceptors (Lipinski definition) is 9. The Labute approximate surface area is 157 Å². The molecule has 1 aliphatic rings. The minimum atomic E-state index is -4.81. The average molecular weight is 414 g/mol. The van der Waals surface area contributed by atoms with Gasteiger partial charge in [0.25, 0.3) is 5.91 Å². The van der Waals surface area contributed by atoms with Crippen LogP contribution < -0.4 is 5.32 Å². The van der Waals surface area contributed by atoms with Gasteiger partial charge in [-0.1, -0.05) is 42.1 Å². The molecule has 2 aromatic rings. The van der Waals surface area contributed by atoms with E-state index in [1.165, 1.54) is 11.7 Å². The van der Waals surface area contributed by atoms with Gasteiger partial charge in [0.05, 0.1) is 0 Å². The monoisotopic (exact) mass is 414 g/mol. The van der Waals surface area contributed by atoms with E-state index < -0.39 is 33.7 Å². The molecule has 0 bridgehead atoms. The summed E-state index contributed by atoms with van der Waals surface area (Å²) >= 11 is 0.789. The summed E-state index contributed by atoms with van der Waals surface area (Å²) in [5.41, 5.74) is 0.739. The van der Waals surface area contributed by atoms with Crippen molar-refractivity contribution in [1.82, 2.24) is 29.8 Å². The summed E-state index contributed by atoms with van der Waals surface area (Å²) in [7, 11) is -3.30. The van der Waals surface area contributed by atoms with Crippen molar-refractivity contribution in [2.75, 3.05) is 0 Å². The van der Waals surface area contributed by atoms with Crippen molar-refractivity contribution in [1.29, 1.82) is 0 Å². The Hall–Kier alpha value is -2.71.